The summed E-state index contributed by atoms with van der Waals surface area (Å²) in [5, 5.41) is 0. The van der Waals surface area contributed by atoms with Crippen molar-refractivity contribution in [1.29, 1.82) is 0 Å². The molecule has 3 nitrogen and oxygen atoms in total. The summed E-state index contributed by atoms with van der Waals surface area (Å²) in [5.41, 5.74) is 1.67. The van der Waals surface area contributed by atoms with Crippen LogP contribution in [-0.2, 0) is 11.2 Å². The zero-order valence-corrected chi connectivity index (χ0v) is 8.24. The summed E-state index contributed by atoms with van der Waals surface area (Å²) in [5.74, 6) is 0.581. The van der Waals surface area contributed by atoms with E-state index in [0.29, 0.717) is 5.56 Å². The molecule has 0 radical (unpaired) electrons. The van der Waals surface area contributed by atoms with Crippen LogP contribution in [0.1, 0.15) is 22.8 Å². The fourth-order valence-corrected chi connectivity index (χ4v) is 1.67. The second kappa shape index (κ2) is 3.33. The maximum atomic E-state index is 11.2. The molecule has 1 heterocycles. The molecule has 1 atom stereocenters. The van der Waals surface area contributed by atoms with Crippen molar-refractivity contribution in [2.24, 2.45) is 0 Å². The number of methoxy groups -OCH3 is 1. The molecule has 1 unspecified atom stereocenters. The van der Waals surface area contributed by atoms with Crippen LogP contribution in [0.15, 0.2) is 18.2 Å². The molecule has 0 bridgehead atoms. The van der Waals surface area contributed by atoms with Crippen LogP contribution in [0.3, 0.4) is 0 Å². The molecule has 0 aromatic heterocycles. The molecule has 0 saturated heterocycles. The molecule has 3 heteroatoms. The van der Waals surface area contributed by atoms with Crippen molar-refractivity contribution >= 4 is 5.97 Å². The van der Waals surface area contributed by atoms with Gasteiger partial charge in [0.2, 0.25) is 0 Å². The molecule has 0 aliphatic carbocycles. The average Bonchev–Trinajstić information content (AvgIpc) is 2.55. The van der Waals surface area contributed by atoms with Crippen LogP contribution in [0.5, 0.6) is 5.75 Å². The number of esters is 1. The quantitative estimate of drug-likeness (QED) is 0.636. The van der Waals surface area contributed by atoms with E-state index in [1.807, 2.05) is 19.1 Å². The SMILES string of the molecule is COC(=O)c1ccc2c(c1)CC(C)O2. The Morgan fingerprint density at radius 2 is 2.36 bits per heavy atom. The van der Waals surface area contributed by atoms with Gasteiger partial charge in [-0.2, -0.15) is 0 Å². The molecular formula is C11H12O3. The third-order valence-corrected chi connectivity index (χ3v) is 2.32. The molecule has 1 aliphatic rings. The van der Waals surface area contributed by atoms with Gasteiger partial charge in [-0.1, -0.05) is 0 Å². The van der Waals surface area contributed by atoms with Crippen molar-refractivity contribution < 1.29 is 14.3 Å². The molecule has 0 fully saturated rings. The lowest BCUT2D eigenvalue weighted by atomic mass is 10.1. The Labute approximate surface area is 82.6 Å². The number of rotatable bonds is 1. The Kier molecular flexibility index (Phi) is 2.15. The standard InChI is InChI=1S/C11H12O3/c1-7-5-9-6-8(11(12)13-2)3-4-10(9)14-7/h3-4,6-7H,5H2,1-2H3. The van der Waals surface area contributed by atoms with Gasteiger partial charge in [-0.25, -0.2) is 4.79 Å². The zero-order chi connectivity index (χ0) is 10.1. The number of hydrogen-bond acceptors (Lipinski definition) is 3. The molecule has 1 aromatic carbocycles. The minimum absolute atomic E-state index is 0.206. The van der Waals surface area contributed by atoms with Gasteiger partial charge in [-0.05, 0) is 30.7 Å². The third-order valence-electron chi connectivity index (χ3n) is 2.32. The second-order valence-electron chi connectivity index (χ2n) is 3.45. The first kappa shape index (κ1) is 9.06. The van der Waals surface area contributed by atoms with Crippen molar-refractivity contribution in [2.75, 3.05) is 7.11 Å². The molecule has 0 spiro atoms. The van der Waals surface area contributed by atoms with E-state index in [2.05, 4.69) is 4.74 Å². The Hall–Kier alpha value is -1.51. The van der Waals surface area contributed by atoms with Gasteiger partial charge in [0.15, 0.2) is 0 Å². The monoisotopic (exact) mass is 192 g/mol. The number of benzene rings is 1. The highest BCUT2D eigenvalue weighted by Gasteiger charge is 2.20. The van der Waals surface area contributed by atoms with Crippen LogP contribution in [0.25, 0.3) is 0 Å². The molecule has 1 aliphatic heterocycles. The summed E-state index contributed by atoms with van der Waals surface area (Å²) in [4.78, 5) is 11.2. The highest BCUT2D eigenvalue weighted by Crippen LogP contribution is 2.29. The van der Waals surface area contributed by atoms with E-state index < -0.39 is 0 Å². The molecule has 14 heavy (non-hydrogen) atoms. The van der Waals surface area contributed by atoms with Gasteiger partial charge in [-0.3, -0.25) is 0 Å². The van der Waals surface area contributed by atoms with Crippen LogP contribution in [0, 0.1) is 0 Å². The van der Waals surface area contributed by atoms with Crippen molar-refractivity contribution in [3.05, 3.63) is 29.3 Å². The van der Waals surface area contributed by atoms with Crippen LogP contribution in [-0.4, -0.2) is 19.2 Å². The summed E-state index contributed by atoms with van der Waals surface area (Å²) in [7, 11) is 1.38. The fourth-order valence-electron chi connectivity index (χ4n) is 1.67. The lowest BCUT2D eigenvalue weighted by molar-refractivity contribution is 0.0600. The molecular weight excluding hydrogens is 180 g/mol. The fraction of sp³-hybridized carbons (Fsp3) is 0.364. The number of carbonyl (C=O) groups excluding carboxylic acids is 1. The summed E-state index contributed by atoms with van der Waals surface area (Å²) in [6, 6.07) is 5.39. The van der Waals surface area contributed by atoms with Gasteiger partial charge < -0.3 is 9.47 Å². The lowest BCUT2D eigenvalue weighted by Crippen LogP contribution is -2.05. The lowest BCUT2D eigenvalue weighted by Gasteiger charge is -2.02. The minimum atomic E-state index is -0.299. The Balaban J connectivity index is 2.33. The summed E-state index contributed by atoms with van der Waals surface area (Å²) in [6.45, 7) is 2.01. The predicted molar refractivity (Wildman–Crippen MR) is 51.6 cm³/mol. The molecule has 0 amide bonds. The largest absolute Gasteiger partial charge is 0.490 e. The average molecular weight is 192 g/mol. The minimum Gasteiger partial charge on any atom is -0.490 e. The first-order valence-corrected chi connectivity index (χ1v) is 4.58. The normalized spacial score (nSPS) is 18.6. The number of carbonyl (C=O) groups is 1. The van der Waals surface area contributed by atoms with Gasteiger partial charge in [-0.15, -0.1) is 0 Å². The maximum absolute atomic E-state index is 11.2. The van der Waals surface area contributed by atoms with Crippen LogP contribution in [0.2, 0.25) is 0 Å². The van der Waals surface area contributed by atoms with E-state index in [1.165, 1.54) is 7.11 Å². The topological polar surface area (TPSA) is 35.5 Å². The van der Waals surface area contributed by atoms with Crippen molar-refractivity contribution in [1.82, 2.24) is 0 Å². The van der Waals surface area contributed by atoms with Gasteiger partial charge >= 0.3 is 5.97 Å². The Morgan fingerprint density at radius 1 is 1.57 bits per heavy atom. The Bertz CT molecular complexity index is 371. The Morgan fingerprint density at radius 3 is 3.07 bits per heavy atom. The highest BCUT2D eigenvalue weighted by atomic mass is 16.5. The van der Waals surface area contributed by atoms with Crippen LogP contribution in [0.4, 0.5) is 0 Å². The van der Waals surface area contributed by atoms with E-state index in [-0.39, 0.29) is 12.1 Å². The van der Waals surface area contributed by atoms with Crippen LogP contribution < -0.4 is 4.74 Å². The summed E-state index contributed by atoms with van der Waals surface area (Å²) in [6.07, 6.45) is 1.07. The molecule has 1 aromatic rings. The van der Waals surface area contributed by atoms with Crippen LogP contribution >= 0.6 is 0 Å². The van der Waals surface area contributed by atoms with Gasteiger partial charge in [0.25, 0.3) is 0 Å². The first-order valence-electron chi connectivity index (χ1n) is 4.58. The predicted octanol–water partition coefficient (Wildman–Crippen LogP) is 1.80. The second-order valence-corrected chi connectivity index (χ2v) is 3.45. The molecule has 0 N–H and O–H groups in total. The van der Waals surface area contributed by atoms with E-state index in [4.69, 9.17) is 4.74 Å². The number of ether oxygens (including phenoxy) is 2. The van der Waals surface area contributed by atoms with E-state index >= 15 is 0 Å². The molecule has 0 saturated carbocycles. The zero-order valence-electron chi connectivity index (χ0n) is 8.24. The number of fused-ring (bicyclic) bond motifs is 1. The molecule has 74 valence electrons. The summed E-state index contributed by atoms with van der Waals surface area (Å²) >= 11 is 0. The number of hydrogen-bond donors (Lipinski definition) is 0. The van der Waals surface area contributed by atoms with E-state index in [1.54, 1.807) is 6.07 Å². The van der Waals surface area contributed by atoms with E-state index in [0.717, 1.165) is 17.7 Å². The van der Waals surface area contributed by atoms with E-state index in [9.17, 15) is 4.79 Å². The van der Waals surface area contributed by atoms with Gasteiger partial charge in [0.1, 0.15) is 11.9 Å². The first-order chi connectivity index (χ1) is 6.70. The maximum Gasteiger partial charge on any atom is 0.337 e. The third kappa shape index (κ3) is 1.45. The van der Waals surface area contributed by atoms with Crippen molar-refractivity contribution in [2.45, 2.75) is 19.4 Å². The van der Waals surface area contributed by atoms with Crippen molar-refractivity contribution in [3.63, 3.8) is 0 Å². The highest BCUT2D eigenvalue weighted by molar-refractivity contribution is 5.89. The molecule has 2 rings (SSSR count). The van der Waals surface area contributed by atoms with Gasteiger partial charge in [0, 0.05) is 6.42 Å². The summed E-state index contributed by atoms with van der Waals surface area (Å²) < 4.78 is 10.2. The smallest absolute Gasteiger partial charge is 0.337 e. The van der Waals surface area contributed by atoms with Gasteiger partial charge in [0.05, 0.1) is 12.7 Å². The van der Waals surface area contributed by atoms with Crippen molar-refractivity contribution in [3.8, 4) is 5.75 Å².